The van der Waals surface area contributed by atoms with Crippen molar-refractivity contribution in [2.45, 2.75) is 65.2 Å². The van der Waals surface area contributed by atoms with Crippen LogP contribution in [-0.2, 0) is 11.2 Å². The SMILES string of the molecule is CCCCCCc1ccc(NC(=O)C2=C(CCC)N3CCCN=C3S2)cc1.Cl. The fraction of sp³-hybridized carbons (Fsp3) is 0.545. The second-order valence-electron chi connectivity index (χ2n) is 7.26. The number of hydrogen-bond donors (Lipinski definition) is 1. The Labute approximate surface area is 179 Å². The number of allylic oxidation sites excluding steroid dienone is 1. The highest BCUT2D eigenvalue weighted by molar-refractivity contribution is 8.18. The van der Waals surface area contributed by atoms with Gasteiger partial charge in [0.15, 0.2) is 5.17 Å². The van der Waals surface area contributed by atoms with E-state index in [0.29, 0.717) is 0 Å². The van der Waals surface area contributed by atoms with Crippen LogP contribution in [0.1, 0.15) is 64.4 Å². The van der Waals surface area contributed by atoms with Crippen molar-refractivity contribution in [3.05, 3.63) is 40.4 Å². The molecule has 1 amide bonds. The number of carbonyl (C=O) groups excluding carboxylic acids is 1. The minimum absolute atomic E-state index is 0. The first-order chi connectivity index (χ1) is 13.2. The average Bonchev–Trinajstić information content (AvgIpc) is 3.06. The summed E-state index contributed by atoms with van der Waals surface area (Å²) in [4.78, 5) is 20.6. The smallest absolute Gasteiger partial charge is 0.264 e. The number of nitrogens with one attached hydrogen (secondary N) is 1. The molecule has 3 rings (SSSR count). The van der Waals surface area contributed by atoms with Crippen LogP contribution in [0.15, 0.2) is 39.9 Å². The van der Waals surface area contributed by atoms with Gasteiger partial charge in [0.25, 0.3) is 5.91 Å². The third-order valence-electron chi connectivity index (χ3n) is 5.02. The van der Waals surface area contributed by atoms with Gasteiger partial charge in [0.2, 0.25) is 0 Å². The highest BCUT2D eigenvalue weighted by atomic mass is 35.5. The number of aliphatic imine (C=N–C) groups is 1. The molecule has 0 spiro atoms. The quantitative estimate of drug-likeness (QED) is 0.498. The summed E-state index contributed by atoms with van der Waals surface area (Å²) in [6.07, 6.45) is 9.24. The van der Waals surface area contributed by atoms with Gasteiger partial charge in [0.05, 0.1) is 4.91 Å². The lowest BCUT2D eigenvalue weighted by Crippen LogP contribution is -2.29. The van der Waals surface area contributed by atoms with Gasteiger partial charge >= 0.3 is 0 Å². The molecule has 0 fully saturated rings. The summed E-state index contributed by atoms with van der Waals surface area (Å²) in [6, 6.07) is 8.32. The summed E-state index contributed by atoms with van der Waals surface area (Å²) in [5.74, 6) is -0.00348. The fourth-order valence-corrected chi connectivity index (χ4v) is 4.68. The Kier molecular flexibility index (Phi) is 9.39. The van der Waals surface area contributed by atoms with Gasteiger partial charge in [-0.25, -0.2) is 0 Å². The van der Waals surface area contributed by atoms with E-state index in [1.54, 1.807) is 0 Å². The molecule has 1 N–H and O–H groups in total. The van der Waals surface area contributed by atoms with Crippen LogP contribution in [0.3, 0.4) is 0 Å². The van der Waals surface area contributed by atoms with Crippen molar-refractivity contribution in [2.75, 3.05) is 18.4 Å². The number of hydrogen-bond acceptors (Lipinski definition) is 4. The Bertz CT molecular complexity index is 715. The van der Waals surface area contributed by atoms with Gasteiger partial charge in [-0.15, -0.1) is 12.4 Å². The van der Waals surface area contributed by atoms with Crippen molar-refractivity contribution < 1.29 is 4.79 Å². The first kappa shape index (κ1) is 22.8. The average molecular weight is 422 g/mol. The maximum atomic E-state index is 12.9. The van der Waals surface area contributed by atoms with Gasteiger partial charge in [-0.1, -0.05) is 51.7 Å². The Hall–Kier alpha value is -1.46. The number of fused-ring (bicyclic) bond motifs is 1. The first-order valence-corrected chi connectivity index (χ1v) is 11.2. The fourth-order valence-electron chi connectivity index (χ4n) is 3.56. The van der Waals surface area contributed by atoms with Gasteiger partial charge in [0, 0.05) is 24.5 Å². The third-order valence-corrected chi connectivity index (χ3v) is 6.18. The van der Waals surface area contributed by atoms with E-state index in [-0.39, 0.29) is 18.3 Å². The maximum absolute atomic E-state index is 12.9. The molecule has 2 aliphatic rings. The molecule has 2 heterocycles. The van der Waals surface area contributed by atoms with Crippen LogP contribution in [-0.4, -0.2) is 29.1 Å². The second-order valence-corrected chi connectivity index (χ2v) is 8.24. The van der Waals surface area contributed by atoms with E-state index in [0.717, 1.165) is 60.2 Å². The number of benzene rings is 1. The predicted molar refractivity (Wildman–Crippen MR) is 123 cm³/mol. The summed E-state index contributed by atoms with van der Waals surface area (Å²) in [6.45, 7) is 6.24. The molecule has 1 aromatic rings. The van der Waals surface area contributed by atoms with E-state index in [2.05, 4.69) is 41.2 Å². The predicted octanol–water partition coefficient (Wildman–Crippen LogP) is 5.99. The number of thioether (sulfide) groups is 1. The van der Waals surface area contributed by atoms with Gasteiger partial charge in [-0.2, -0.15) is 0 Å². The highest BCUT2D eigenvalue weighted by Gasteiger charge is 2.33. The largest absolute Gasteiger partial charge is 0.323 e. The summed E-state index contributed by atoms with van der Waals surface area (Å²) >= 11 is 1.53. The van der Waals surface area contributed by atoms with Crippen LogP contribution in [0.25, 0.3) is 0 Å². The van der Waals surface area contributed by atoms with Crippen molar-refractivity contribution in [1.82, 2.24) is 4.90 Å². The zero-order valence-corrected chi connectivity index (χ0v) is 18.6. The number of rotatable bonds is 9. The number of nitrogens with zero attached hydrogens (tertiary/aromatic N) is 2. The van der Waals surface area contributed by atoms with E-state index in [9.17, 15) is 4.79 Å². The van der Waals surface area contributed by atoms with E-state index in [4.69, 9.17) is 0 Å². The van der Waals surface area contributed by atoms with Crippen LogP contribution in [0.5, 0.6) is 0 Å². The van der Waals surface area contributed by atoms with Crippen LogP contribution >= 0.6 is 24.2 Å². The molecule has 0 radical (unpaired) electrons. The zero-order valence-electron chi connectivity index (χ0n) is 17.0. The molecule has 2 aliphatic heterocycles. The minimum Gasteiger partial charge on any atom is -0.323 e. The number of aryl methyl sites for hydroxylation is 1. The molecule has 6 heteroatoms. The number of amidine groups is 1. The molecule has 1 aromatic carbocycles. The highest BCUT2D eigenvalue weighted by Crippen LogP contribution is 2.38. The number of anilines is 1. The Balaban J connectivity index is 0.00000280. The molecule has 0 aliphatic carbocycles. The van der Waals surface area contributed by atoms with Crippen molar-refractivity contribution in [1.29, 1.82) is 0 Å². The summed E-state index contributed by atoms with van der Waals surface area (Å²) in [5.41, 5.74) is 3.36. The number of carbonyl (C=O) groups is 1. The molecule has 0 unspecified atom stereocenters. The lowest BCUT2D eigenvalue weighted by Gasteiger charge is -2.25. The van der Waals surface area contributed by atoms with Crippen LogP contribution in [0.2, 0.25) is 0 Å². The molecule has 4 nitrogen and oxygen atoms in total. The normalized spacial score (nSPS) is 15.8. The molecular formula is C22H32ClN3OS. The molecule has 0 saturated carbocycles. The number of amides is 1. The monoisotopic (exact) mass is 421 g/mol. The van der Waals surface area contributed by atoms with Crippen LogP contribution in [0, 0.1) is 0 Å². The van der Waals surface area contributed by atoms with Gasteiger partial charge < -0.3 is 10.2 Å². The van der Waals surface area contributed by atoms with Crippen molar-refractivity contribution >= 4 is 40.9 Å². The molecular weight excluding hydrogens is 390 g/mol. The number of halogens is 1. The van der Waals surface area contributed by atoms with E-state index in [1.807, 2.05) is 12.1 Å². The Morgan fingerprint density at radius 2 is 1.89 bits per heavy atom. The minimum atomic E-state index is -0.00348. The maximum Gasteiger partial charge on any atom is 0.264 e. The molecule has 0 atom stereocenters. The van der Waals surface area contributed by atoms with E-state index in [1.165, 1.54) is 43.0 Å². The summed E-state index contributed by atoms with van der Waals surface area (Å²) in [7, 11) is 0. The zero-order chi connectivity index (χ0) is 19.1. The van der Waals surface area contributed by atoms with Crippen LogP contribution in [0.4, 0.5) is 5.69 Å². The van der Waals surface area contributed by atoms with Crippen LogP contribution < -0.4 is 5.32 Å². The second kappa shape index (κ2) is 11.5. The lowest BCUT2D eigenvalue weighted by atomic mass is 10.1. The Morgan fingerprint density at radius 1 is 1.11 bits per heavy atom. The molecule has 154 valence electrons. The summed E-state index contributed by atoms with van der Waals surface area (Å²) < 4.78 is 0. The van der Waals surface area contributed by atoms with E-state index >= 15 is 0 Å². The standard InChI is InChI=1S/C22H31N3OS.ClH/c1-3-5-6-7-10-17-11-13-18(14-12-17)24-21(26)20-19(9-4-2)25-16-8-15-23-22(25)27-20;/h11-14H,3-10,15-16H2,1-2H3,(H,24,26);1H. The molecule has 28 heavy (non-hydrogen) atoms. The van der Waals surface area contributed by atoms with Crippen molar-refractivity contribution in [3.63, 3.8) is 0 Å². The van der Waals surface area contributed by atoms with Gasteiger partial charge in [-0.05, 0) is 55.1 Å². The summed E-state index contributed by atoms with van der Waals surface area (Å²) in [5, 5.41) is 4.08. The topological polar surface area (TPSA) is 44.7 Å². The molecule has 0 bridgehead atoms. The van der Waals surface area contributed by atoms with Crippen molar-refractivity contribution in [2.24, 2.45) is 4.99 Å². The van der Waals surface area contributed by atoms with Crippen molar-refractivity contribution in [3.8, 4) is 0 Å². The first-order valence-electron chi connectivity index (χ1n) is 10.4. The van der Waals surface area contributed by atoms with E-state index < -0.39 is 0 Å². The lowest BCUT2D eigenvalue weighted by molar-refractivity contribution is -0.112. The van der Waals surface area contributed by atoms with Gasteiger partial charge in [-0.3, -0.25) is 9.79 Å². The molecule has 0 aromatic heterocycles. The van der Waals surface area contributed by atoms with Gasteiger partial charge in [0.1, 0.15) is 0 Å². The Morgan fingerprint density at radius 3 is 2.61 bits per heavy atom. The number of unbranched alkanes of at least 4 members (excludes halogenated alkanes) is 3. The molecule has 0 saturated heterocycles. The third kappa shape index (κ3) is 5.77.